The van der Waals surface area contributed by atoms with Crippen LogP contribution < -0.4 is 4.74 Å². The Morgan fingerprint density at radius 2 is 1.89 bits per heavy atom. The zero-order chi connectivity index (χ0) is 13.7. The standard InChI is InChI=1S/C16H23NO2/c1-17(14-9-5-3-4-6-10-14)16(18)13-8-7-11-15(12-13)19-2/h7-8,11-12,14H,3-6,9-10H2,1-2H3. The Morgan fingerprint density at radius 3 is 2.53 bits per heavy atom. The molecule has 0 aromatic heterocycles. The molecule has 0 heterocycles. The van der Waals surface area contributed by atoms with Gasteiger partial charge in [0.25, 0.3) is 5.91 Å². The summed E-state index contributed by atoms with van der Waals surface area (Å²) in [7, 11) is 3.55. The summed E-state index contributed by atoms with van der Waals surface area (Å²) in [4.78, 5) is 14.4. The highest BCUT2D eigenvalue weighted by atomic mass is 16.5. The van der Waals surface area contributed by atoms with E-state index in [0.717, 1.165) is 18.6 Å². The van der Waals surface area contributed by atoms with E-state index >= 15 is 0 Å². The first kappa shape index (κ1) is 13.9. The molecule has 1 aromatic rings. The summed E-state index contributed by atoms with van der Waals surface area (Å²) >= 11 is 0. The summed E-state index contributed by atoms with van der Waals surface area (Å²) in [5, 5.41) is 0. The van der Waals surface area contributed by atoms with Crippen molar-refractivity contribution in [2.45, 2.75) is 44.6 Å². The topological polar surface area (TPSA) is 29.5 Å². The average Bonchev–Trinajstić information content (AvgIpc) is 2.75. The van der Waals surface area contributed by atoms with Crippen LogP contribution in [0.1, 0.15) is 48.9 Å². The van der Waals surface area contributed by atoms with Gasteiger partial charge in [0.1, 0.15) is 5.75 Å². The summed E-state index contributed by atoms with van der Waals surface area (Å²) in [6.45, 7) is 0. The molecule has 1 saturated carbocycles. The first-order valence-corrected chi connectivity index (χ1v) is 7.13. The number of carbonyl (C=O) groups excluding carboxylic acids is 1. The van der Waals surface area contributed by atoms with Crippen molar-refractivity contribution in [3.63, 3.8) is 0 Å². The molecule has 1 aromatic carbocycles. The Kier molecular flexibility index (Phi) is 4.83. The van der Waals surface area contributed by atoms with Gasteiger partial charge in [-0.1, -0.05) is 31.7 Å². The zero-order valence-corrected chi connectivity index (χ0v) is 11.9. The molecule has 0 N–H and O–H groups in total. The minimum absolute atomic E-state index is 0.103. The SMILES string of the molecule is COc1cccc(C(=O)N(C)C2CCCCCC2)c1. The highest BCUT2D eigenvalue weighted by Gasteiger charge is 2.22. The van der Waals surface area contributed by atoms with Crippen molar-refractivity contribution in [1.82, 2.24) is 4.90 Å². The third-order valence-corrected chi connectivity index (χ3v) is 4.01. The van der Waals surface area contributed by atoms with Gasteiger partial charge in [0.05, 0.1) is 7.11 Å². The van der Waals surface area contributed by atoms with Crippen molar-refractivity contribution in [1.29, 1.82) is 0 Å². The molecule has 104 valence electrons. The molecular formula is C16H23NO2. The van der Waals surface area contributed by atoms with E-state index in [1.165, 1.54) is 25.7 Å². The van der Waals surface area contributed by atoms with E-state index in [9.17, 15) is 4.79 Å². The van der Waals surface area contributed by atoms with Crippen molar-refractivity contribution >= 4 is 5.91 Å². The highest BCUT2D eigenvalue weighted by molar-refractivity contribution is 5.94. The van der Waals surface area contributed by atoms with Crippen molar-refractivity contribution in [2.24, 2.45) is 0 Å². The van der Waals surface area contributed by atoms with Gasteiger partial charge in [-0.05, 0) is 31.0 Å². The van der Waals surface area contributed by atoms with E-state index < -0.39 is 0 Å². The van der Waals surface area contributed by atoms with Crippen molar-refractivity contribution in [3.05, 3.63) is 29.8 Å². The van der Waals surface area contributed by atoms with E-state index in [0.29, 0.717) is 11.6 Å². The number of rotatable bonds is 3. The van der Waals surface area contributed by atoms with E-state index in [2.05, 4.69) is 0 Å². The molecule has 2 rings (SSSR count). The van der Waals surface area contributed by atoms with Crippen LogP contribution in [0.25, 0.3) is 0 Å². The largest absolute Gasteiger partial charge is 0.497 e. The van der Waals surface area contributed by atoms with E-state index in [1.54, 1.807) is 7.11 Å². The molecule has 0 unspecified atom stereocenters. The van der Waals surface area contributed by atoms with Crippen molar-refractivity contribution in [2.75, 3.05) is 14.2 Å². The number of hydrogen-bond acceptors (Lipinski definition) is 2. The van der Waals surface area contributed by atoms with Gasteiger partial charge < -0.3 is 9.64 Å². The minimum atomic E-state index is 0.103. The van der Waals surface area contributed by atoms with Gasteiger partial charge in [-0.2, -0.15) is 0 Å². The lowest BCUT2D eigenvalue weighted by molar-refractivity contribution is 0.0717. The molecule has 0 spiro atoms. The van der Waals surface area contributed by atoms with Gasteiger partial charge in [0.15, 0.2) is 0 Å². The second kappa shape index (κ2) is 6.60. The number of hydrogen-bond donors (Lipinski definition) is 0. The lowest BCUT2D eigenvalue weighted by Gasteiger charge is -2.27. The quantitative estimate of drug-likeness (QED) is 0.779. The molecule has 1 amide bonds. The molecular weight excluding hydrogens is 238 g/mol. The third-order valence-electron chi connectivity index (χ3n) is 4.01. The van der Waals surface area contributed by atoms with Crippen LogP contribution in [0, 0.1) is 0 Å². The third kappa shape index (κ3) is 3.49. The molecule has 1 fully saturated rings. The second-order valence-electron chi connectivity index (χ2n) is 5.29. The van der Waals surface area contributed by atoms with Crippen LogP contribution in [0.4, 0.5) is 0 Å². The van der Waals surface area contributed by atoms with Gasteiger partial charge >= 0.3 is 0 Å². The predicted molar refractivity (Wildman–Crippen MR) is 76.6 cm³/mol. The molecule has 0 atom stereocenters. The van der Waals surface area contributed by atoms with Crippen LogP contribution in [0.5, 0.6) is 5.75 Å². The second-order valence-corrected chi connectivity index (χ2v) is 5.29. The minimum Gasteiger partial charge on any atom is -0.497 e. The van der Waals surface area contributed by atoms with Gasteiger partial charge in [-0.25, -0.2) is 0 Å². The first-order chi connectivity index (χ1) is 9.22. The van der Waals surface area contributed by atoms with Crippen LogP contribution >= 0.6 is 0 Å². The fourth-order valence-corrected chi connectivity index (χ4v) is 2.77. The number of carbonyl (C=O) groups is 1. The van der Waals surface area contributed by atoms with E-state index in [1.807, 2.05) is 36.2 Å². The van der Waals surface area contributed by atoms with Crippen molar-refractivity contribution < 1.29 is 9.53 Å². The van der Waals surface area contributed by atoms with E-state index in [4.69, 9.17) is 4.74 Å². The number of amides is 1. The molecule has 19 heavy (non-hydrogen) atoms. The van der Waals surface area contributed by atoms with Gasteiger partial charge in [-0.3, -0.25) is 4.79 Å². The monoisotopic (exact) mass is 261 g/mol. The van der Waals surface area contributed by atoms with Gasteiger partial charge in [0, 0.05) is 18.7 Å². The first-order valence-electron chi connectivity index (χ1n) is 7.13. The Hall–Kier alpha value is -1.51. The van der Waals surface area contributed by atoms with Crippen LogP contribution in [-0.2, 0) is 0 Å². The summed E-state index contributed by atoms with van der Waals surface area (Å²) in [6.07, 6.45) is 7.34. The van der Waals surface area contributed by atoms with Crippen LogP contribution in [0.3, 0.4) is 0 Å². The Bertz CT molecular complexity index is 423. The molecule has 1 aliphatic rings. The Labute approximate surface area is 115 Å². The maximum absolute atomic E-state index is 12.5. The van der Waals surface area contributed by atoms with Crippen LogP contribution in [0.15, 0.2) is 24.3 Å². The maximum atomic E-state index is 12.5. The molecule has 3 nitrogen and oxygen atoms in total. The molecule has 3 heteroatoms. The Balaban J connectivity index is 2.08. The number of methoxy groups -OCH3 is 1. The lowest BCUT2D eigenvalue weighted by atomic mass is 10.1. The normalized spacial score (nSPS) is 16.7. The van der Waals surface area contributed by atoms with Gasteiger partial charge in [0.2, 0.25) is 0 Å². The summed E-state index contributed by atoms with van der Waals surface area (Å²) in [5.41, 5.74) is 0.714. The summed E-state index contributed by atoms with van der Waals surface area (Å²) in [5.74, 6) is 0.839. The number of nitrogens with zero attached hydrogens (tertiary/aromatic N) is 1. The summed E-state index contributed by atoms with van der Waals surface area (Å²) in [6, 6.07) is 7.80. The van der Waals surface area contributed by atoms with Crippen molar-refractivity contribution in [3.8, 4) is 5.75 Å². The number of benzene rings is 1. The van der Waals surface area contributed by atoms with Crippen LogP contribution in [0.2, 0.25) is 0 Å². The van der Waals surface area contributed by atoms with Gasteiger partial charge in [-0.15, -0.1) is 0 Å². The average molecular weight is 261 g/mol. The highest BCUT2D eigenvalue weighted by Crippen LogP contribution is 2.23. The fraction of sp³-hybridized carbons (Fsp3) is 0.562. The molecule has 0 radical (unpaired) electrons. The fourth-order valence-electron chi connectivity index (χ4n) is 2.77. The lowest BCUT2D eigenvalue weighted by Crippen LogP contribution is -2.36. The smallest absolute Gasteiger partial charge is 0.253 e. The molecule has 0 aliphatic heterocycles. The summed E-state index contributed by atoms with van der Waals surface area (Å²) < 4.78 is 5.18. The molecule has 1 aliphatic carbocycles. The van der Waals surface area contributed by atoms with E-state index in [-0.39, 0.29) is 5.91 Å². The predicted octanol–water partition coefficient (Wildman–Crippen LogP) is 3.49. The molecule has 0 bridgehead atoms. The zero-order valence-electron chi connectivity index (χ0n) is 11.9. The maximum Gasteiger partial charge on any atom is 0.253 e. The number of ether oxygens (including phenoxy) is 1. The Morgan fingerprint density at radius 1 is 1.21 bits per heavy atom. The van der Waals surface area contributed by atoms with Crippen LogP contribution in [-0.4, -0.2) is 31.0 Å². The molecule has 0 saturated heterocycles.